The summed E-state index contributed by atoms with van der Waals surface area (Å²) in [5, 5.41) is 3.61. The van der Waals surface area contributed by atoms with Gasteiger partial charge in [0.1, 0.15) is 16.4 Å². The average molecular weight is 303 g/mol. The third-order valence-electron chi connectivity index (χ3n) is 2.66. The molecule has 3 rings (SSSR count). The van der Waals surface area contributed by atoms with E-state index in [1.54, 1.807) is 23.1 Å². The van der Waals surface area contributed by atoms with Crippen LogP contribution in [0.3, 0.4) is 0 Å². The Balaban J connectivity index is 1.57. The fourth-order valence-electron chi connectivity index (χ4n) is 1.73. The van der Waals surface area contributed by atoms with Crippen molar-refractivity contribution in [3.8, 4) is 5.75 Å². The van der Waals surface area contributed by atoms with E-state index in [9.17, 15) is 0 Å². The molecule has 0 aliphatic rings. The Labute approximate surface area is 125 Å². The van der Waals surface area contributed by atoms with Gasteiger partial charge in [-0.1, -0.05) is 30.0 Å². The molecule has 1 aromatic carbocycles. The van der Waals surface area contributed by atoms with Crippen LogP contribution >= 0.6 is 23.1 Å². The number of anilines is 1. The van der Waals surface area contributed by atoms with Crippen molar-refractivity contribution in [2.45, 2.75) is 5.16 Å². The van der Waals surface area contributed by atoms with E-state index in [1.165, 1.54) is 0 Å². The number of aromatic nitrogens is 2. The van der Waals surface area contributed by atoms with E-state index in [1.807, 2.05) is 41.8 Å². The Bertz CT molecular complexity index is 700. The van der Waals surface area contributed by atoms with Crippen LogP contribution in [0.4, 0.5) is 5.82 Å². The Morgan fingerprint density at radius 2 is 2.00 bits per heavy atom. The van der Waals surface area contributed by atoms with E-state index in [0.717, 1.165) is 21.7 Å². The molecule has 20 heavy (non-hydrogen) atoms. The Hall–Kier alpha value is -1.79. The zero-order valence-corrected chi connectivity index (χ0v) is 12.3. The van der Waals surface area contributed by atoms with Gasteiger partial charge < -0.3 is 10.5 Å². The summed E-state index contributed by atoms with van der Waals surface area (Å²) in [7, 11) is 0. The molecular weight excluding hydrogens is 290 g/mol. The molecule has 0 unspecified atom stereocenters. The number of thiophene rings is 1. The van der Waals surface area contributed by atoms with Crippen LogP contribution in [0.25, 0.3) is 10.2 Å². The first-order valence-corrected chi connectivity index (χ1v) is 8.01. The molecule has 3 aromatic rings. The molecule has 0 saturated carbocycles. The van der Waals surface area contributed by atoms with Crippen LogP contribution in [0.15, 0.2) is 46.9 Å². The molecule has 6 heteroatoms. The largest absolute Gasteiger partial charge is 0.493 e. The number of para-hydroxylation sites is 1. The monoisotopic (exact) mass is 303 g/mol. The van der Waals surface area contributed by atoms with E-state index in [4.69, 9.17) is 10.5 Å². The fraction of sp³-hybridized carbons (Fsp3) is 0.143. The predicted octanol–water partition coefficient (Wildman–Crippen LogP) is 3.44. The van der Waals surface area contributed by atoms with Crippen molar-refractivity contribution in [2.24, 2.45) is 0 Å². The van der Waals surface area contributed by atoms with Crippen LogP contribution in [-0.2, 0) is 0 Å². The van der Waals surface area contributed by atoms with Gasteiger partial charge in [0.15, 0.2) is 5.16 Å². The molecule has 2 aromatic heterocycles. The molecule has 0 bridgehead atoms. The van der Waals surface area contributed by atoms with Crippen LogP contribution < -0.4 is 10.5 Å². The lowest BCUT2D eigenvalue weighted by atomic mass is 10.3. The Morgan fingerprint density at radius 3 is 2.85 bits per heavy atom. The number of rotatable bonds is 5. The van der Waals surface area contributed by atoms with Gasteiger partial charge in [-0.15, -0.1) is 11.3 Å². The normalized spacial score (nSPS) is 10.8. The highest BCUT2D eigenvalue weighted by Gasteiger charge is 2.06. The summed E-state index contributed by atoms with van der Waals surface area (Å²) in [5.74, 6) is 2.20. The van der Waals surface area contributed by atoms with Gasteiger partial charge in [0.25, 0.3) is 0 Å². The zero-order valence-electron chi connectivity index (χ0n) is 10.7. The van der Waals surface area contributed by atoms with Gasteiger partial charge in [-0.2, -0.15) is 0 Å². The van der Waals surface area contributed by atoms with Crippen molar-refractivity contribution in [2.75, 3.05) is 18.1 Å². The summed E-state index contributed by atoms with van der Waals surface area (Å²) in [6.07, 6.45) is 0. The maximum Gasteiger partial charge on any atom is 0.191 e. The van der Waals surface area contributed by atoms with E-state index >= 15 is 0 Å². The lowest BCUT2D eigenvalue weighted by Gasteiger charge is -2.05. The van der Waals surface area contributed by atoms with Gasteiger partial charge in [0.2, 0.25) is 0 Å². The van der Waals surface area contributed by atoms with Crippen molar-refractivity contribution in [3.05, 3.63) is 41.8 Å². The molecule has 0 atom stereocenters. The van der Waals surface area contributed by atoms with Gasteiger partial charge in [-0.25, -0.2) is 9.97 Å². The number of fused-ring (bicyclic) bond motifs is 1. The van der Waals surface area contributed by atoms with Crippen LogP contribution in [-0.4, -0.2) is 22.3 Å². The highest BCUT2D eigenvalue weighted by Crippen LogP contribution is 2.26. The van der Waals surface area contributed by atoms with Crippen molar-refractivity contribution < 1.29 is 4.74 Å². The van der Waals surface area contributed by atoms with Gasteiger partial charge >= 0.3 is 0 Å². The average Bonchev–Trinajstić information content (AvgIpc) is 2.94. The molecule has 0 spiro atoms. The standard InChI is InChI=1S/C14H13N3OS2/c15-12-11-6-8-19-13(11)17-14(16-12)20-9-7-18-10-4-2-1-3-5-10/h1-6,8H,7,9H2,(H2,15,16,17). The number of thioether (sulfide) groups is 1. The van der Waals surface area contributed by atoms with E-state index < -0.39 is 0 Å². The summed E-state index contributed by atoms with van der Waals surface area (Å²) < 4.78 is 5.63. The maximum absolute atomic E-state index is 5.91. The zero-order chi connectivity index (χ0) is 13.8. The molecule has 0 fully saturated rings. The first-order chi connectivity index (χ1) is 9.83. The molecule has 0 saturated heterocycles. The number of nitrogen functional groups attached to an aromatic ring is 1. The molecule has 0 aliphatic heterocycles. The van der Waals surface area contributed by atoms with E-state index in [-0.39, 0.29) is 0 Å². The van der Waals surface area contributed by atoms with Crippen LogP contribution in [0.5, 0.6) is 5.75 Å². The number of hydrogen-bond donors (Lipinski definition) is 1. The third-order valence-corrected chi connectivity index (χ3v) is 4.28. The molecule has 0 aliphatic carbocycles. The minimum absolute atomic E-state index is 0.544. The number of nitrogens with zero attached hydrogens (tertiary/aromatic N) is 2. The van der Waals surface area contributed by atoms with Gasteiger partial charge in [-0.05, 0) is 23.6 Å². The highest BCUT2D eigenvalue weighted by atomic mass is 32.2. The SMILES string of the molecule is Nc1nc(SCCOc2ccccc2)nc2sccc12. The topological polar surface area (TPSA) is 61.0 Å². The summed E-state index contributed by atoms with van der Waals surface area (Å²) in [5.41, 5.74) is 5.91. The number of hydrogen-bond acceptors (Lipinski definition) is 6. The first kappa shape index (κ1) is 13.2. The summed E-state index contributed by atoms with van der Waals surface area (Å²) >= 11 is 3.13. The second-order valence-corrected chi connectivity index (χ2v) is 6.00. The lowest BCUT2D eigenvalue weighted by Crippen LogP contribution is -2.01. The van der Waals surface area contributed by atoms with Crippen molar-refractivity contribution in [3.63, 3.8) is 0 Å². The minimum Gasteiger partial charge on any atom is -0.493 e. The smallest absolute Gasteiger partial charge is 0.191 e. The van der Waals surface area contributed by atoms with Crippen molar-refractivity contribution in [1.29, 1.82) is 0 Å². The molecular formula is C14H13N3OS2. The number of ether oxygens (including phenoxy) is 1. The predicted molar refractivity (Wildman–Crippen MR) is 84.5 cm³/mol. The van der Waals surface area contributed by atoms with Crippen molar-refractivity contribution >= 4 is 39.1 Å². The number of nitrogens with two attached hydrogens (primary N) is 1. The lowest BCUT2D eigenvalue weighted by molar-refractivity contribution is 0.344. The Morgan fingerprint density at radius 1 is 1.15 bits per heavy atom. The van der Waals surface area contributed by atoms with Gasteiger partial charge in [0, 0.05) is 5.75 Å². The minimum atomic E-state index is 0.544. The fourth-order valence-corrected chi connectivity index (χ4v) is 3.23. The first-order valence-electron chi connectivity index (χ1n) is 6.14. The molecule has 0 amide bonds. The second-order valence-electron chi connectivity index (χ2n) is 4.04. The molecule has 2 heterocycles. The summed E-state index contributed by atoms with van der Waals surface area (Å²) in [6, 6.07) is 11.7. The van der Waals surface area contributed by atoms with Crippen molar-refractivity contribution in [1.82, 2.24) is 9.97 Å². The van der Waals surface area contributed by atoms with Gasteiger partial charge in [-0.3, -0.25) is 0 Å². The molecule has 2 N–H and O–H groups in total. The van der Waals surface area contributed by atoms with Crippen LogP contribution in [0.2, 0.25) is 0 Å². The van der Waals surface area contributed by atoms with Crippen LogP contribution in [0, 0.1) is 0 Å². The van der Waals surface area contributed by atoms with Crippen LogP contribution in [0.1, 0.15) is 0 Å². The second kappa shape index (κ2) is 6.11. The number of benzene rings is 1. The highest BCUT2D eigenvalue weighted by molar-refractivity contribution is 7.99. The Kier molecular flexibility index (Phi) is 4.03. The molecule has 102 valence electrons. The van der Waals surface area contributed by atoms with Gasteiger partial charge in [0.05, 0.1) is 12.0 Å². The maximum atomic E-state index is 5.91. The quantitative estimate of drug-likeness (QED) is 0.444. The third kappa shape index (κ3) is 3.02. The van der Waals surface area contributed by atoms with E-state index in [0.29, 0.717) is 17.6 Å². The molecule has 4 nitrogen and oxygen atoms in total. The summed E-state index contributed by atoms with van der Waals surface area (Å²) in [4.78, 5) is 9.71. The molecule has 0 radical (unpaired) electrons. The van der Waals surface area contributed by atoms with E-state index in [2.05, 4.69) is 9.97 Å². The summed E-state index contributed by atoms with van der Waals surface area (Å²) in [6.45, 7) is 0.612.